The van der Waals surface area contributed by atoms with Crippen LogP contribution >= 0.6 is 0 Å². The Morgan fingerprint density at radius 3 is 2.85 bits per heavy atom. The Morgan fingerprint density at radius 2 is 2.05 bits per heavy atom. The molecule has 4 heteroatoms. The maximum Gasteiger partial charge on any atom is 0.228 e. The van der Waals surface area contributed by atoms with Crippen molar-refractivity contribution in [2.45, 2.75) is 25.8 Å². The molecule has 0 aliphatic carbocycles. The molecule has 20 heavy (non-hydrogen) atoms. The van der Waals surface area contributed by atoms with Gasteiger partial charge in [0.2, 0.25) is 5.91 Å². The van der Waals surface area contributed by atoms with Crippen LogP contribution in [0.3, 0.4) is 0 Å². The Balaban J connectivity index is 1.62. The fraction of sp³-hybridized carbons (Fsp3) is 0.562. The van der Waals surface area contributed by atoms with Crippen molar-refractivity contribution >= 4 is 11.6 Å². The SMILES string of the molecule is CC1Cc2ccccc2N1C(=O)CCN1CCNCC1. The summed E-state index contributed by atoms with van der Waals surface area (Å²) >= 11 is 0. The first-order valence-electron chi connectivity index (χ1n) is 7.59. The Kier molecular flexibility index (Phi) is 4.03. The molecule has 2 aliphatic heterocycles. The highest BCUT2D eigenvalue weighted by Crippen LogP contribution is 2.32. The summed E-state index contributed by atoms with van der Waals surface area (Å²) in [5, 5.41) is 3.34. The van der Waals surface area contributed by atoms with Crippen molar-refractivity contribution in [3.05, 3.63) is 29.8 Å². The first kappa shape index (κ1) is 13.6. The number of hydrogen-bond donors (Lipinski definition) is 1. The number of piperazine rings is 1. The fourth-order valence-electron chi connectivity index (χ4n) is 3.25. The van der Waals surface area contributed by atoms with E-state index in [0.29, 0.717) is 12.5 Å². The highest BCUT2D eigenvalue weighted by molar-refractivity contribution is 5.96. The van der Waals surface area contributed by atoms with Crippen LogP contribution in [0.4, 0.5) is 5.69 Å². The van der Waals surface area contributed by atoms with Crippen LogP contribution in [0.5, 0.6) is 0 Å². The van der Waals surface area contributed by atoms with E-state index in [1.54, 1.807) is 0 Å². The van der Waals surface area contributed by atoms with Crippen LogP contribution in [0.1, 0.15) is 18.9 Å². The molecule has 1 N–H and O–H groups in total. The zero-order valence-corrected chi connectivity index (χ0v) is 12.1. The number of carbonyl (C=O) groups is 1. The van der Waals surface area contributed by atoms with E-state index in [9.17, 15) is 4.79 Å². The zero-order chi connectivity index (χ0) is 13.9. The summed E-state index contributed by atoms with van der Waals surface area (Å²) in [6.45, 7) is 7.21. The molecule has 3 rings (SSSR count). The van der Waals surface area contributed by atoms with Gasteiger partial charge in [-0.1, -0.05) is 18.2 Å². The molecule has 0 radical (unpaired) electrons. The number of hydrogen-bond acceptors (Lipinski definition) is 3. The van der Waals surface area contributed by atoms with Gasteiger partial charge in [-0.25, -0.2) is 0 Å². The van der Waals surface area contributed by atoms with Crippen molar-refractivity contribution in [2.75, 3.05) is 37.6 Å². The van der Waals surface area contributed by atoms with Crippen LogP contribution in [-0.2, 0) is 11.2 Å². The van der Waals surface area contributed by atoms with Crippen molar-refractivity contribution in [3.8, 4) is 0 Å². The largest absolute Gasteiger partial charge is 0.314 e. The van der Waals surface area contributed by atoms with E-state index in [2.05, 4.69) is 35.3 Å². The summed E-state index contributed by atoms with van der Waals surface area (Å²) in [4.78, 5) is 16.9. The van der Waals surface area contributed by atoms with Gasteiger partial charge in [-0.2, -0.15) is 0 Å². The fourth-order valence-corrected chi connectivity index (χ4v) is 3.25. The third-order valence-corrected chi connectivity index (χ3v) is 4.33. The number of rotatable bonds is 3. The van der Waals surface area contributed by atoms with Crippen LogP contribution in [0, 0.1) is 0 Å². The van der Waals surface area contributed by atoms with E-state index in [1.807, 2.05) is 11.0 Å². The van der Waals surface area contributed by atoms with Crippen molar-refractivity contribution in [1.29, 1.82) is 0 Å². The number of nitrogens with zero attached hydrogens (tertiary/aromatic N) is 2. The molecule has 2 heterocycles. The molecule has 1 saturated heterocycles. The molecule has 4 nitrogen and oxygen atoms in total. The minimum atomic E-state index is 0.265. The second-order valence-electron chi connectivity index (χ2n) is 5.79. The maximum atomic E-state index is 12.5. The second kappa shape index (κ2) is 5.94. The maximum absolute atomic E-state index is 12.5. The minimum absolute atomic E-state index is 0.265. The molecular formula is C16H23N3O. The van der Waals surface area contributed by atoms with Crippen LogP contribution in [0.15, 0.2) is 24.3 Å². The first-order chi connectivity index (χ1) is 9.75. The standard InChI is InChI=1S/C16H23N3O/c1-13-12-14-4-2-3-5-15(14)19(13)16(20)6-9-18-10-7-17-8-11-18/h2-5,13,17H,6-12H2,1H3. The number of anilines is 1. The van der Waals surface area contributed by atoms with E-state index in [-0.39, 0.29) is 5.91 Å². The lowest BCUT2D eigenvalue weighted by Crippen LogP contribution is -2.45. The summed E-state index contributed by atoms with van der Waals surface area (Å²) in [6.07, 6.45) is 1.61. The summed E-state index contributed by atoms with van der Waals surface area (Å²) in [6, 6.07) is 8.58. The first-order valence-corrected chi connectivity index (χ1v) is 7.59. The molecule has 0 aromatic heterocycles. The summed E-state index contributed by atoms with van der Waals surface area (Å²) < 4.78 is 0. The van der Waals surface area contributed by atoms with E-state index >= 15 is 0 Å². The Hall–Kier alpha value is -1.39. The van der Waals surface area contributed by atoms with Crippen molar-refractivity contribution < 1.29 is 4.79 Å². The molecule has 1 unspecified atom stereocenters. The lowest BCUT2D eigenvalue weighted by atomic mass is 10.1. The van der Waals surface area contributed by atoms with Crippen LogP contribution in [0.25, 0.3) is 0 Å². The third kappa shape index (κ3) is 2.72. The normalized spacial score (nSPS) is 22.9. The van der Waals surface area contributed by atoms with Gasteiger partial charge in [-0.3, -0.25) is 4.79 Å². The van der Waals surface area contributed by atoms with E-state index in [4.69, 9.17) is 0 Å². The van der Waals surface area contributed by atoms with Gasteiger partial charge >= 0.3 is 0 Å². The number of benzene rings is 1. The van der Waals surface area contributed by atoms with Crippen molar-refractivity contribution in [1.82, 2.24) is 10.2 Å². The molecule has 2 aliphatic rings. The zero-order valence-electron chi connectivity index (χ0n) is 12.1. The molecule has 0 bridgehead atoms. The quantitative estimate of drug-likeness (QED) is 0.900. The highest BCUT2D eigenvalue weighted by Gasteiger charge is 2.30. The van der Waals surface area contributed by atoms with Gasteiger partial charge in [-0.05, 0) is 25.0 Å². The van der Waals surface area contributed by atoms with Gasteiger partial charge in [0.25, 0.3) is 0 Å². The lowest BCUT2D eigenvalue weighted by Gasteiger charge is -2.28. The Bertz CT molecular complexity index is 482. The Labute approximate surface area is 120 Å². The number of nitrogens with one attached hydrogen (secondary N) is 1. The molecule has 1 fully saturated rings. The van der Waals surface area contributed by atoms with Crippen LogP contribution < -0.4 is 10.2 Å². The highest BCUT2D eigenvalue weighted by atomic mass is 16.2. The molecule has 0 saturated carbocycles. The summed E-state index contributed by atoms with van der Waals surface area (Å²) in [7, 11) is 0. The molecule has 1 atom stereocenters. The van der Waals surface area contributed by atoms with Gasteiger partial charge in [0.05, 0.1) is 0 Å². The number of carbonyl (C=O) groups excluding carboxylic acids is 1. The second-order valence-corrected chi connectivity index (χ2v) is 5.79. The van der Waals surface area contributed by atoms with Crippen molar-refractivity contribution in [3.63, 3.8) is 0 Å². The van der Waals surface area contributed by atoms with Crippen molar-refractivity contribution in [2.24, 2.45) is 0 Å². The predicted molar refractivity (Wildman–Crippen MR) is 81.0 cm³/mol. The van der Waals surface area contributed by atoms with Crippen LogP contribution in [0.2, 0.25) is 0 Å². The van der Waals surface area contributed by atoms with Gasteiger partial charge in [0, 0.05) is 50.9 Å². The van der Waals surface area contributed by atoms with E-state index in [0.717, 1.165) is 44.8 Å². The molecule has 108 valence electrons. The van der Waals surface area contributed by atoms with Crippen LogP contribution in [-0.4, -0.2) is 49.6 Å². The molecule has 1 amide bonds. The molecule has 1 aromatic rings. The molecule has 1 aromatic carbocycles. The van der Waals surface area contributed by atoms with E-state index < -0.39 is 0 Å². The predicted octanol–water partition coefficient (Wildman–Crippen LogP) is 1.26. The minimum Gasteiger partial charge on any atom is -0.314 e. The van der Waals surface area contributed by atoms with Gasteiger partial charge in [0.1, 0.15) is 0 Å². The molecular weight excluding hydrogens is 250 g/mol. The third-order valence-electron chi connectivity index (χ3n) is 4.33. The topological polar surface area (TPSA) is 35.6 Å². The van der Waals surface area contributed by atoms with E-state index in [1.165, 1.54) is 5.56 Å². The van der Waals surface area contributed by atoms with Gasteiger partial charge in [-0.15, -0.1) is 0 Å². The smallest absolute Gasteiger partial charge is 0.228 e. The average Bonchev–Trinajstić information content (AvgIpc) is 2.82. The Morgan fingerprint density at radius 1 is 1.30 bits per heavy atom. The van der Waals surface area contributed by atoms with Gasteiger partial charge < -0.3 is 15.1 Å². The number of amides is 1. The molecule has 0 spiro atoms. The lowest BCUT2D eigenvalue weighted by molar-refractivity contribution is -0.119. The number of fused-ring (bicyclic) bond motifs is 1. The number of para-hydroxylation sites is 1. The van der Waals surface area contributed by atoms with Gasteiger partial charge in [0.15, 0.2) is 0 Å². The summed E-state index contributed by atoms with van der Waals surface area (Å²) in [5.41, 5.74) is 2.42. The summed E-state index contributed by atoms with van der Waals surface area (Å²) in [5.74, 6) is 0.265. The average molecular weight is 273 g/mol. The monoisotopic (exact) mass is 273 g/mol.